The molecule has 2 N–H and O–H groups in total. The Kier molecular flexibility index (Phi) is 6.10. The third kappa shape index (κ3) is 5.37. The number of esters is 1. The largest absolute Gasteiger partial charge is 0.480 e. The molecule has 2 atom stereocenters. The van der Waals surface area contributed by atoms with Gasteiger partial charge in [0.05, 0.1) is 18.9 Å². The quantitative estimate of drug-likeness (QED) is 0.718. The maximum atomic E-state index is 11.9. The molecule has 1 fully saturated rings. The first-order valence-electron chi connectivity index (χ1n) is 7.36. The number of nitrogens with one attached hydrogen (secondary N) is 1. The van der Waals surface area contributed by atoms with Crippen molar-refractivity contribution in [3.63, 3.8) is 0 Å². The third-order valence-electron chi connectivity index (χ3n) is 3.53. The van der Waals surface area contributed by atoms with E-state index in [4.69, 9.17) is 14.6 Å². The lowest BCUT2D eigenvalue weighted by atomic mass is 10.1. The highest BCUT2D eigenvalue weighted by Crippen LogP contribution is 2.13. The average Bonchev–Trinajstić information content (AvgIpc) is 3.07. The Bertz CT molecular complexity index is 553. The molecule has 0 aromatic heterocycles. The number of carbonyl (C=O) groups is 3. The molecular weight excluding hydrogens is 302 g/mol. The Hall–Kier alpha value is -2.41. The fraction of sp³-hybridized carbons (Fsp3) is 0.438. The van der Waals surface area contributed by atoms with Crippen molar-refractivity contribution < 1.29 is 29.0 Å². The van der Waals surface area contributed by atoms with Crippen LogP contribution in [0.25, 0.3) is 0 Å². The molecule has 7 nitrogen and oxygen atoms in total. The molecule has 124 valence electrons. The minimum Gasteiger partial charge on any atom is -0.480 e. The molecule has 0 radical (unpaired) electrons. The van der Waals surface area contributed by atoms with Crippen LogP contribution in [0.2, 0.25) is 0 Å². The summed E-state index contributed by atoms with van der Waals surface area (Å²) in [7, 11) is 0. The van der Waals surface area contributed by atoms with Gasteiger partial charge in [-0.1, -0.05) is 30.3 Å². The van der Waals surface area contributed by atoms with Gasteiger partial charge in [-0.05, 0) is 12.0 Å². The molecule has 1 aliphatic heterocycles. The minimum absolute atomic E-state index is 0.0659. The van der Waals surface area contributed by atoms with E-state index in [-0.39, 0.29) is 19.1 Å². The van der Waals surface area contributed by atoms with Crippen molar-refractivity contribution in [2.45, 2.75) is 25.5 Å². The lowest BCUT2D eigenvalue weighted by molar-refractivity contribution is -0.151. The Morgan fingerprint density at radius 3 is 2.65 bits per heavy atom. The summed E-state index contributed by atoms with van der Waals surface area (Å²) in [4.78, 5) is 34.9. The second-order valence-electron chi connectivity index (χ2n) is 5.31. The third-order valence-corrected chi connectivity index (χ3v) is 3.53. The van der Waals surface area contributed by atoms with Crippen molar-refractivity contribution >= 4 is 17.8 Å². The van der Waals surface area contributed by atoms with Crippen LogP contribution in [0.1, 0.15) is 18.4 Å². The molecule has 0 spiro atoms. The zero-order valence-electron chi connectivity index (χ0n) is 12.6. The predicted molar refractivity (Wildman–Crippen MR) is 79.3 cm³/mol. The molecule has 1 heterocycles. The van der Waals surface area contributed by atoms with Crippen LogP contribution >= 0.6 is 0 Å². The van der Waals surface area contributed by atoms with Gasteiger partial charge in [0, 0.05) is 6.61 Å². The molecule has 1 aromatic rings. The maximum Gasteiger partial charge on any atom is 0.326 e. The summed E-state index contributed by atoms with van der Waals surface area (Å²) in [5.74, 6) is -2.72. The SMILES string of the molecule is O=C(C[C@H](NC(=O)[C@@H]1CCOC1)C(=O)O)OCc1ccccc1. The number of hydrogen-bond donors (Lipinski definition) is 2. The van der Waals surface area contributed by atoms with Crippen molar-refractivity contribution in [1.82, 2.24) is 5.32 Å². The maximum absolute atomic E-state index is 11.9. The highest BCUT2D eigenvalue weighted by Gasteiger charge is 2.29. The summed E-state index contributed by atoms with van der Waals surface area (Å²) in [5.41, 5.74) is 0.805. The monoisotopic (exact) mass is 321 g/mol. The molecule has 0 bridgehead atoms. The Labute approximate surface area is 133 Å². The number of aliphatic carboxylic acids is 1. The van der Waals surface area contributed by atoms with Gasteiger partial charge >= 0.3 is 11.9 Å². The molecule has 1 aliphatic rings. The number of ether oxygens (including phenoxy) is 2. The molecule has 23 heavy (non-hydrogen) atoms. The van der Waals surface area contributed by atoms with E-state index in [2.05, 4.69) is 5.32 Å². The highest BCUT2D eigenvalue weighted by atomic mass is 16.5. The lowest BCUT2D eigenvalue weighted by Gasteiger charge is -2.16. The normalized spacial score (nSPS) is 18.2. The van der Waals surface area contributed by atoms with Crippen molar-refractivity contribution in [2.75, 3.05) is 13.2 Å². The summed E-state index contributed by atoms with van der Waals surface area (Å²) in [6, 6.07) is 7.76. The number of benzene rings is 1. The van der Waals surface area contributed by atoms with Crippen LogP contribution in [0.3, 0.4) is 0 Å². The van der Waals surface area contributed by atoms with E-state index in [1.54, 1.807) is 12.1 Å². The van der Waals surface area contributed by atoms with Gasteiger partial charge in [-0.2, -0.15) is 0 Å². The highest BCUT2D eigenvalue weighted by molar-refractivity contribution is 5.88. The van der Waals surface area contributed by atoms with Gasteiger partial charge in [0.25, 0.3) is 0 Å². The fourth-order valence-electron chi connectivity index (χ4n) is 2.19. The summed E-state index contributed by atoms with van der Waals surface area (Å²) in [5, 5.41) is 11.5. The van der Waals surface area contributed by atoms with E-state index in [0.29, 0.717) is 13.0 Å². The fourth-order valence-corrected chi connectivity index (χ4v) is 2.19. The van der Waals surface area contributed by atoms with E-state index in [0.717, 1.165) is 5.56 Å². The second-order valence-corrected chi connectivity index (χ2v) is 5.31. The van der Waals surface area contributed by atoms with Gasteiger partial charge in [0.15, 0.2) is 0 Å². The number of carboxylic acid groups (broad SMARTS) is 1. The first-order valence-corrected chi connectivity index (χ1v) is 7.36. The van der Waals surface area contributed by atoms with E-state index in [1.165, 1.54) is 0 Å². The van der Waals surface area contributed by atoms with E-state index in [1.807, 2.05) is 18.2 Å². The standard InChI is InChI=1S/C16H19NO6/c18-14(23-9-11-4-2-1-3-5-11)8-13(16(20)21)17-15(19)12-6-7-22-10-12/h1-5,12-13H,6-10H2,(H,17,19)(H,20,21)/t12-,13+/m1/s1. The minimum atomic E-state index is -1.30. The van der Waals surface area contributed by atoms with Crippen LogP contribution in [0.15, 0.2) is 30.3 Å². The van der Waals surface area contributed by atoms with Gasteiger partial charge in [-0.15, -0.1) is 0 Å². The molecule has 1 saturated heterocycles. The van der Waals surface area contributed by atoms with Crippen LogP contribution < -0.4 is 5.32 Å². The van der Waals surface area contributed by atoms with Gasteiger partial charge in [0.2, 0.25) is 5.91 Å². The van der Waals surface area contributed by atoms with Crippen LogP contribution in [0.4, 0.5) is 0 Å². The van der Waals surface area contributed by atoms with Gasteiger partial charge in [0.1, 0.15) is 12.6 Å². The van der Waals surface area contributed by atoms with Crippen LogP contribution in [0, 0.1) is 5.92 Å². The molecule has 1 amide bonds. The zero-order valence-corrected chi connectivity index (χ0v) is 12.6. The van der Waals surface area contributed by atoms with Crippen molar-refractivity contribution in [2.24, 2.45) is 5.92 Å². The van der Waals surface area contributed by atoms with Gasteiger partial charge < -0.3 is 19.9 Å². The van der Waals surface area contributed by atoms with Crippen molar-refractivity contribution in [1.29, 1.82) is 0 Å². The number of amides is 1. The summed E-state index contributed by atoms with van der Waals surface area (Å²) >= 11 is 0. The topological polar surface area (TPSA) is 102 Å². The second kappa shape index (κ2) is 8.28. The van der Waals surface area contributed by atoms with Crippen LogP contribution in [-0.2, 0) is 30.5 Å². The molecule has 0 saturated carbocycles. The number of rotatable bonds is 7. The first-order chi connectivity index (χ1) is 11.1. The molecule has 0 aliphatic carbocycles. The number of carboxylic acids is 1. The van der Waals surface area contributed by atoms with Crippen LogP contribution in [-0.4, -0.2) is 42.2 Å². The van der Waals surface area contributed by atoms with Gasteiger partial charge in [-0.3, -0.25) is 9.59 Å². The molecule has 1 aromatic carbocycles. The Morgan fingerprint density at radius 1 is 1.30 bits per heavy atom. The Balaban J connectivity index is 1.82. The average molecular weight is 321 g/mol. The molecule has 7 heteroatoms. The van der Waals surface area contributed by atoms with Crippen LogP contribution in [0.5, 0.6) is 0 Å². The smallest absolute Gasteiger partial charge is 0.326 e. The molecular formula is C16H19NO6. The van der Waals surface area contributed by atoms with E-state index >= 15 is 0 Å². The summed E-state index contributed by atoms with van der Waals surface area (Å²) < 4.78 is 10.1. The van der Waals surface area contributed by atoms with Crippen molar-refractivity contribution in [3.8, 4) is 0 Å². The lowest BCUT2D eigenvalue weighted by Crippen LogP contribution is -2.45. The zero-order chi connectivity index (χ0) is 16.7. The van der Waals surface area contributed by atoms with E-state index in [9.17, 15) is 14.4 Å². The molecule has 0 unspecified atom stereocenters. The first kappa shape index (κ1) is 17.0. The number of hydrogen-bond acceptors (Lipinski definition) is 5. The number of carbonyl (C=O) groups excluding carboxylic acids is 2. The Morgan fingerprint density at radius 2 is 2.04 bits per heavy atom. The summed E-state index contributed by atoms with van der Waals surface area (Å²) in [6.45, 7) is 0.821. The molecule has 2 rings (SSSR count). The van der Waals surface area contributed by atoms with Crippen molar-refractivity contribution in [3.05, 3.63) is 35.9 Å². The summed E-state index contributed by atoms with van der Waals surface area (Å²) in [6.07, 6.45) is 0.137. The van der Waals surface area contributed by atoms with Gasteiger partial charge in [-0.25, -0.2) is 4.79 Å². The van der Waals surface area contributed by atoms with E-state index < -0.39 is 30.3 Å². The predicted octanol–water partition coefficient (Wildman–Crippen LogP) is 0.726.